The number of carboxylic acids is 1. The van der Waals surface area contributed by atoms with E-state index < -0.39 is 5.97 Å². The maximum Gasteiger partial charge on any atom is 0.357 e. The van der Waals surface area contributed by atoms with E-state index >= 15 is 0 Å². The Balaban J connectivity index is 2.58. The van der Waals surface area contributed by atoms with Gasteiger partial charge < -0.3 is 9.84 Å². The van der Waals surface area contributed by atoms with E-state index in [1.54, 1.807) is 14.0 Å². The third kappa shape index (κ3) is 1.95. The minimum Gasteiger partial charge on any atom is -0.496 e. The van der Waals surface area contributed by atoms with Crippen molar-refractivity contribution in [1.82, 2.24) is 10.2 Å². The fraction of sp³-hybridized carbons (Fsp3) is 0.231. The minimum atomic E-state index is -1.04. The molecule has 2 aromatic rings. The second-order valence-electron chi connectivity index (χ2n) is 4.06. The summed E-state index contributed by atoms with van der Waals surface area (Å²) in [5.74, 6) is -0.264. The Morgan fingerprint density at radius 3 is 2.67 bits per heavy atom. The van der Waals surface area contributed by atoms with Crippen LogP contribution < -0.4 is 4.74 Å². The van der Waals surface area contributed by atoms with E-state index in [2.05, 4.69) is 10.2 Å². The van der Waals surface area contributed by atoms with Gasteiger partial charge in [-0.2, -0.15) is 5.10 Å². The molecule has 0 saturated heterocycles. The summed E-state index contributed by atoms with van der Waals surface area (Å²) in [6.07, 6.45) is 0. The number of benzene rings is 1. The Morgan fingerprint density at radius 2 is 2.11 bits per heavy atom. The molecule has 0 radical (unpaired) electrons. The van der Waals surface area contributed by atoms with Crippen molar-refractivity contribution in [2.45, 2.75) is 13.8 Å². The van der Waals surface area contributed by atoms with Crippen LogP contribution in [0.15, 0.2) is 18.2 Å². The van der Waals surface area contributed by atoms with E-state index in [1.807, 2.05) is 25.1 Å². The molecule has 0 amide bonds. The lowest BCUT2D eigenvalue weighted by molar-refractivity contribution is 0.0691. The summed E-state index contributed by atoms with van der Waals surface area (Å²) in [6.45, 7) is 3.71. The Kier molecular flexibility index (Phi) is 3.06. The second-order valence-corrected chi connectivity index (χ2v) is 4.06. The topological polar surface area (TPSA) is 75.2 Å². The number of rotatable bonds is 3. The highest BCUT2D eigenvalue weighted by atomic mass is 16.5. The van der Waals surface area contributed by atoms with Crippen molar-refractivity contribution < 1.29 is 14.6 Å². The van der Waals surface area contributed by atoms with Crippen LogP contribution in [0.1, 0.15) is 21.7 Å². The maximum absolute atomic E-state index is 11.1. The van der Waals surface area contributed by atoms with E-state index in [9.17, 15) is 4.79 Å². The standard InChI is InChI=1S/C13H14N2O3/c1-7-6-9(4-5-10(7)18-3)11-8(2)14-15-12(11)13(16)17/h4-6H,1-3H3,(H,14,15)(H,16,17). The molecule has 0 fully saturated rings. The van der Waals surface area contributed by atoms with Crippen LogP contribution in [0.25, 0.3) is 11.1 Å². The van der Waals surface area contributed by atoms with Crippen molar-refractivity contribution in [3.8, 4) is 16.9 Å². The molecule has 1 heterocycles. The van der Waals surface area contributed by atoms with Crippen LogP contribution in [-0.4, -0.2) is 28.4 Å². The molecule has 0 saturated carbocycles. The number of hydrogen-bond acceptors (Lipinski definition) is 3. The van der Waals surface area contributed by atoms with Crippen LogP contribution in [0.4, 0.5) is 0 Å². The average Bonchev–Trinajstić information content (AvgIpc) is 2.71. The van der Waals surface area contributed by atoms with Gasteiger partial charge >= 0.3 is 5.97 Å². The average molecular weight is 246 g/mol. The van der Waals surface area contributed by atoms with Crippen LogP contribution in [0.5, 0.6) is 5.75 Å². The largest absolute Gasteiger partial charge is 0.496 e. The number of nitrogens with zero attached hydrogens (tertiary/aromatic N) is 1. The van der Waals surface area contributed by atoms with Gasteiger partial charge in [0.2, 0.25) is 0 Å². The molecule has 0 aliphatic carbocycles. The maximum atomic E-state index is 11.1. The summed E-state index contributed by atoms with van der Waals surface area (Å²) in [5, 5.41) is 15.6. The number of H-pyrrole nitrogens is 1. The third-order valence-electron chi connectivity index (χ3n) is 2.83. The summed E-state index contributed by atoms with van der Waals surface area (Å²) in [6, 6.07) is 5.54. The van der Waals surface area contributed by atoms with Crippen molar-refractivity contribution in [3.05, 3.63) is 35.2 Å². The highest BCUT2D eigenvalue weighted by Crippen LogP contribution is 2.29. The summed E-state index contributed by atoms with van der Waals surface area (Å²) in [7, 11) is 1.60. The minimum absolute atomic E-state index is 0.0390. The zero-order valence-electron chi connectivity index (χ0n) is 10.4. The van der Waals surface area contributed by atoms with E-state index in [-0.39, 0.29) is 5.69 Å². The molecule has 0 unspecified atom stereocenters. The quantitative estimate of drug-likeness (QED) is 0.872. The molecule has 0 spiro atoms. The molecule has 2 rings (SSSR count). The lowest BCUT2D eigenvalue weighted by atomic mass is 10.0. The molecule has 0 aliphatic rings. The molecule has 2 N–H and O–H groups in total. The number of hydrogen-bond donors (Lipinski definition) is 2. The Hall–Kier alpha value is -2.30. The van der Waals surface area contributed by atoms with Gasteiger partial charge in [0.15, 0.2) is 5.69 Å². The van der Waals surface area contributed by atoms with Crippen LogP contribution in [0.2, 0.25) is 0 Å². The van der Waals surface area contributed by atoms with Crippen LogP contribution in [0, 0.1) is 13.8 Å². The van der Waals surface area contributed by atoms with Gasteiger partial charge in [0.05, 0.1) is 7.11 Å². The Bertz CT molecular complexity index is 602. The first-order chi connectivity index (χ1) is 8.54. The molecule has 0 bridgehead atoms. The number of aryl methyl sites for hydroxylation is 2. The number of ether oxygens (including phenoxy) is 1. The SMILES string of the molecule is COc1ccc(-c2c(C(=O)O)n[nH]c2C)cc1C. The fourth-order valence-electron chi connectivity index (χ4n) is 1.97. The van der Waals surface area contributed by atoms with Crippen molar-refractivity contribution in [1.29, 1.82) is 0 Å². The highest BCUT2D eigenvalue weighted by molar-refractivity contribution is 5.94. The summed E-state index contributed by atoms with van der Waals surface area (Å²) < 4.78 is 5.19. The van der Waals surface area contributed by atoms with Crippen molar-refractivity contribution in [2.75, 3.05) is 7.11 Å². The molecule has 5 nitrogen and oxygen atoms in total. The zero-order valence-corrected chi connectivity index (χ0v) is 10.4. The summed E-state index contributed by atoms with van der Waals surface area (Å²) in [5.41, 5.74) is 3.16. The second kappa shape index (κ2) is 4.52. The molecule has 1 aromatic carbocycles. The van der Waals surface area contributed by atoms with Crippen molar-refractivity contribution >= 4 is 5.97 Å². The highest BCUT2D eigenvalue weighted by Gasteiger charge is 2.18. The molecular weight excluding hydrogens is 232 g/mol. The number of nitrogens with one attached hydrogen (secondary N) is 1. The van der Waals surface area contributed by atoms with E-state index in [0.717, 1.165) is 22.6 Å². The predicted molar refractivity (Wildman–Crippen MR) is 67.0 cm³/mol. The van der Waals surface area contributed by atoms with Gasteiger partial charge in [-0.15, -0.1) is 0 Å². The molecule has 1 aromatic heterocycles. The normalized spacial score (nSPS) is 10.4. The predicted octanol–water partition coefficient (Wildman–Crippen LogP) is 2.40. The first kappa shape index (κ1) is 12.2. The van der Waals surface area contributed by atoms with Gasteiger partial charge in [0.25, 0.3) is 0 Å². The van der Waals surface area contributed by atoms with Crippen molar-refractivity contribution in [3.63, 3.8) is 0 Å². The number of aromatic nitrogens is 2. The fourth-order valence-corrected chi connectivity index (χ4v) is 1.97. The van der Waals surface area contributed by atoms with E-state index in [0.29, 0.717) is 5.56 Å². The zero-order chi connectivity index (χ0) is 13.3. The number of methoxy groups -OCH3 is 1. The Morgan fingerprint density at radius 1 is 1.39 bits per heavy atom. The molecule has 0 aliphatic heterocycles. The van der Waals surface area contributed by atoms with Gasteiger partial charge in [-0.25, -0.2) is 4.79 Å². The molecule has 94 valence electrons. The van der Waals surface area contributed by atoms with Gasteiger partial charge in [-0.1, -0.05) is 6.07 Å². The van der Waals surface area contributed by atoms with Crippen LogP contribution >= 0.6 is 0 Å². The summed E-state index contributed by atoms with van der Waals surface area (Å²) in [4.78, 5) is 11.1. The van der Waals surface area contributed by atoms with Gasteiger partial charge in [0, 0.05) is 11.3 Å². The van der Waals surface area contributed by atoms with E-state index in [1.165, 1.54) is 0 Å². The first-order valence-electron chi connectivity index (χ1n) is 5.48. The van der Waals surface area contributed by atoms with Gasteiger partial charge in [-0.05, 0) is 37.1 Å². The lowest BCUT2D eigenvalue weighted by Crippen LogP contribution is -1.99. The third-order valence-corrected chi connectivity index (χ3v) is 2.83. The van der Waals surface area contributed by atoms with Gasteiger partial charge in [0.1, 0.15) is 5.75 Å². The van der Waals surface area contributed by atoms with Crippen LogP contribution in [0.3, 0.4) is 0 Å². The van der Waals surface area contributed by atoms with Crippen molar-refractivity contribution in [2.24, 2.45) is 0 Å². The first-order valence-corrected chi connectivity index (χ1v) is 5.48. The van der Waals surface area contributed by atoms with Crippen LogP contribution in [-0.2, 0) is 0 Å². The monoisotopic (exact) mass is 246 g/mol. The molecule has 18 heavy (non-hydrogen) atoms. The summed E-state index contributed by atoms with van der Waals surface area (Å²) >= 11 is 0. The number of carboxylic acid groups (broad SMARTS) is 1. The van der Waals surface area contributed by atoms with Gasteiger partial charge in [-0.3, -0.25) is 5.10 Å². The lowest BCUT2D eigenvalue weighted by Gasteiger charge is -2.07. The number of carbonyl (C=O) groups is 1. The molecule has 5 heteroatoms. The molecular formula is C13H14N2O3. The van der Waals surface area contributed by atoms with E-state index in [4.69, 9.17) is 9.84 Å². The molecule has 0 atom stereocenters. The smallest absolute Gasteiger partial charge is 0.357 e. The number of aromatic amines is 1. The number of aromatic carboxylic acids is 1. The Labute approximate surface area is 104 Å².